The normalized spacial score (nSPS) is 12.9. The van der Waals surface area contributed by atoms with E-state index in [9.17, 15) is 0 Å². The van der Waals surface area contributed by atoms with Gasteiger partial charge in [-0.05, 0) is 18.2 Å². The smallest absolute Gasteiger partial charge is 0.231 e. The predicted molar refractivity (Wildman–Crippen MR) is 85.4 cm³/mol. The average Bonchev–Trinajstić information content (AvgIpc) is 2.94. The van der Waals surface area contributed by atoms with E-state index in [1.54, 1.807) is 0 Å². The van der Waals surface area contributed by atoms with Gasteiger partial charge in [-0.2, -0.15) is 0 Å². The molecule has 0 spiro atoms. The van der Waals surface area contributed by atoms with Crippen LogP contribution >= 0.6 is 0 Å². The van der Waals surface area contributed by atoms with Crippen LogP contribution in [-0.2, 0) is 13.0 Å². The Bertz CT molecular complexity index is 933. The lowest BCUT2D eigenvalue weighted by Crippen LogP contribution is -2.00. The van der Waals surface area contributed by atoms with Gasteiger partial charge in [0, 0.05) is 29.4 Å². The van der Waals surface area contributed by atoms with Crippen LogP contribution in [0, 0.1) is 12.3 Å². The number of fused-ring (bicyclic) bond motifs is 3. The van der Waals surface area contributed by atoms with Crippen molar-refractivity contribution in [2.75, 3.05) is 5.32 Å². The number of nitrogens with zero attached hydrogens (tertiary/aromatic N) is 3. The van der Waals surface area contributed by atoms with Gasteiger partial charge in [0.25, 0.3) is 0 Å². The summed E-state index contributed by atoms with van der Waals surface area (Å²) in [5.41, 5.74) is 3.38. The zero-order valence-corrected chi connectivity index (χ0v) is 11.7. The summed E-state index contributed by atoms with van der Waals surface area (Å²) in [5.74, 6) is 4.21. The molecule has 0 saturated carbocycles. The third-order valence-corrected chi connectivity index (χ3v) is 3.62. The summed E-state index contributed by atoms with van der Waals surface area (Å²) in [7, 11) is 0. The van der Waals surface area contributed by atoms with Gasteiger partial charge in [-0.1, -0.05) is 12.0 Å². The Morgan fingerprint density at radius 3 is 3.14 bits per heavy atom. The molecule has 0 aliphatic carbocycles. The number of aromatic nitrogens is 2. The lowest BCUT2D eigenvalue weighted by atomic mass is 10.1. The van der Waals surface area contributed by atoms with Crippen molar-refractivity contribution in [3.63, 3.8) is 0 Å². The van der Waals surface area contributed by atoms with E-state index in [2.05, 4.69) is 26.2 Å². The molecule has 0 atom stereocenters. The standard InChI is InChI=1S/C17H12N4O/c1-2-11-4-3-5-12(8-11)21-16-15-13-6-7-18-9-14(13)22-17(15)20-10-19-16/h1,3-5,7-8,10H,6,9H2,(H,19,20,21). The quantitative estimate of drug-likeness (QED) is 0.736. The molecule has 0 amide bonds. The first kappa shape index (κ1) is 12.6. The SMILES string of the molecule is C#Cc1cccc(Nc2ncnc3oc4c(c23)CC=NC4)c1. The van der Waals surface area contributed by atoms with E-state index in [4.69, 9.17) is 10.8 Å². The van der Waals surface area contributed by atoms with Gasteiger partial charge in [-0.3, -0.25) is 4.99 Å². The molecule has 0 radical (unpaired) electrons. The van der Waals surface area contributed by atoms with E-state index in [0.717, 1.165) is 40.2 Å². The maximum Gasteiger partial charge on any atom is 0.231 e. The number of anilines is 2. The van der Waals surface area contributed by atoms with Crippen molar-refractivity contribution in [3.8, 4) is 12.3 Å². The second-order valence-electron chi connectivity index (χ2n) is 4.98. The van der Waals surface area contributed by atoms with Crippen molar-refractivity contribution in [2.45, 2.75) is 13.0 Å². The fourth-order valence-corrected chi connectivity index (χ4v) is 2.60. The summed E-state index contributed by atoms with van der Waals surface area (Å²) in [6, 6.07) is 7.65. The molecule has 0 fully saturated rings. The molecule has 5 nitrogen and oxygen atoms in total. The Kier molecular flexibility index (Phi) is 2.87. The summed E-state index contributed by atoms with van der Waals surface area (Å²) >= 11 is 0. The van der Waals surface area contributed by atoms with Crippen LogP contribution in [0.25, 0.3) is 11.1 Å². The average molecular weight is 288 g/mol. The van der Waals surface area contributed by atoms with Crippen LogP contribution in [0.15, 0.2) is 40.0 Å². The van der Waals surface area contributed by atoms with Crippen molar-refractivity contribution in [1.82, 2.24) is 9.97 Å². The summed E-state index contributed by atoms with van der Waals surface area (Å²) < 4.78 is 5.78. The molecule has 0 bridgehead atoms. The maximum atomic E-state index is 5.78. The Morgan fingerprint density at radius 2 is 2.23 bits per heavy atom. The van der Waals surface area contributed by atoms with Crippen molar-refractivity contribution < 1.29 is 4.42 Å². The highest BCUT2D eigenvalue weighted by Crippen LogP contribution is 2.32. The first-order valence-corrected chi connectivity index (χ1v) is 6.92. The van der Waals surface area contributed by atoms with Crippen LogP contribution in [0.4, 0.5) is 11.5 Å². The Morgan fingerprint density at radius 1 is 1.27 bits per heavy atom. The first-order valence-electron chi connectivity index (χ1n) is 6.92. The number of benzene rings is 1. The third-order valence-electron chi connectivity index (χ3n) is 3.62. The van der Waals surface area contributed by atoms with Gasteiger partial charge in [0.2, 0.25) is 5.71 Å². The summed E-state index contributed by atoms with van der Waals surface area (Å²) in [6.07, 6.45) is 9.56. The first-order chi connectivity index (χ1) is 10.8. The van der Waals surface area contributed by atoms with E-state index < -0.39 is 0 Å². The molecule has 0 unspecified atom stereocenters. The Balaban J connectivity index is 1.82. The largest absolute Gasteiger partial charge is 0.440 e. The highest BCUT2D eigenvalue weighted by atomic mass is 16.3. The van der Waals surface area contributed by atoms with Gasteiger partial charge in [0.15, 0.2) is 0 Å². The van der Waals surface area contributed by atoms with Crippen molar-refractivity contribution in [3.05, 3.63) is 47.5 Å². The van der Waals surface area contributed by atoms with Crippen LogP contribution in [0.3, 0.4) is 0 Å². The number of terminal acetylenes is 1. The molecule has 0 saturated heterocycles. The predicted octanol–water partition coefficient (Wildman–Crippen LogP) is 3.07. The highest BCUT2D eigenvalue weighted by Gasteiger charge is 2.20. The summed E-state index contributed by atoms with van der Waals surface area (Å²) in [6.45, 7) is 0.553. The van der Waals surface area contributed by atoms with Gasteiger partial charge < -0.3 is 9.73 Å². The van der Waals surface area contributed by atoms with E-state index in [1.165, 1.54) is 6.33 Å². The molecule has 1 N–H and O–H groups in total. The van der Waals surface area contributed by atoms with E-state index in [1.807, 2.05) is 30.5 Å². The zero-order chi connectivity index (χ0) is 14.9. The molecule has 3 aromatic rings. The molecule has 106 valence electrons. The lowest BCUT2D eigenvalue weighted by molar-refractivity contribution is 0.536. The van der Waals surface area contributed by atoms with Crippen molar-refractivity contribution >= 4 is 28.8 Å². The summed E-state index contributed by atoms with van der Waals surface area (Å²) in [5, 5.41) is 4.22. The molecule has 5 heteroatoms. The maximum absolute atomic E-state index is 5.78. The van der Waals surface area contributed by atoms with Crippen LogP contribution in [0.2, 0.25) is 0 Å². The van der Waals surface area contributed by atoms with E-state index in [-0.39, 0.29) is 0 Å². The molecule has 4 rings (SSSR count). The minimum Gasteiger partial charge on any atom is -0.440 e. The van der Waals surface area contributed by atoms with Gasteiger partial charge >= 0.3 is 0 Å². The van der Waals surface area contributed by atoms with Crippen molar-refractivity contribution in [1.29, 1.82) is 0 Å². The Labute approximate surface area is 127 Å². The van der Waals surface area contributed by atoms with Gasteiger partial charge in [-0.15, -0.1) is 6.42 Å². The zero-order valence-electron chi connectivity index (χ0n) is 11.7. The topological polar surface area (TPSA) is 63.3 Å². The van der Waals surface area contributed by atoms with Crippen LogP contribution in [0.1, 0.15) is 16.9 Å². The van der Waals surface area contributed by atoms with Crippen LogP contribution < -0.4 is 5.32 Å². The molecule has 1 aromatic carbocycles. The fourth-order valence-electron chi connectivity index (χ4n) is 2.60. The number of hydrogen-bond acceptors (Lipinski definition) is 5. The van der Waals surface area contributed by atoms with Gasteiger partial charge in [0.05, 0.1) is 11.9 Å². The van der Waals surface area contributed by atoms with E-state index >= 15 is 0 Å². The highest BCUT2D eigenvalue weighted by molar-refractivity contribution is 5.93. The minimum atomic E-state index is 0.553. The molecule has 1 aliphatic heterocycles. The summed E-state index contributed by atoms with van der Waals surface area (Å²) in [4.78, 5) is 12.8. The van der Waals surface area contributed by atoms with Crippen LogP contribution in [-0.4, -0.2) is 16.2 Å². The molecular weight excluding hydrogens is 276 g/mol. The molecule has 22 heavy (non-hydrogen) atoms. The molecular formula is C17H12N4O. The fraction of sp³-hybridized carbons (Fsp3) is 0.118. The molecule has 2 aromatic heterocycles. The van der Waals surface area contributed by atoms with Gasteiger partial charge in [0.1, 0.15) is 17.9 Å². The number of hydrogen-bond donors (Lipinski definition) is 1. The Hall–Kier alpha value is -3.13. The molecule has 3 heterocycles. The van der Waals surface area contributed by atoms with E-state index in [0.29, 0.717) is 12.3 Å². The van der Waals surface area contributed by atoms with Crippen molar-refractivity contribution in [2.24, 2.45) is 4.99 Å². The minimum absolute atomic E-state index is 0.553. The number of aliphatic imine (C=N–C) groups is 1. The van der Waals surface area contributed by atoms with Crippen LogP contribution in [0.5, 0.6) is 0 Å². The number of rotatable bonds is 2. The number of nitrogens with one attached hydrogen (secondary N) is 1. The number of furan rings is 1. The van der Waals surface area contributed by atoms with Gasteiger partial charge in [-0.25, -0.2) is 9.97 Å². The monoisotopic (exact) mass is 288 g/mol. The third kappa shape index (κ3) is 2.02. The lowest BCUT2D eigenvalue weighted by Gasteiger charge is -2.08. The second kappa shape index (κ2) is 5.01. The second-order valence-corrected chi connectivity index (χ2v) is 4.98. The molecule has 1 aliphatic rings.